The van der Waals surface area contributed by atoms with E-state index in [1.807, 2.05) is 0 Å². The molecule has 1 aliphatic rings. The van der Waals surface area contributed by atoms with Crippen molar-refractivity contribution in [2.24, 2.45) is 0 Å². The molecular formula is C9H15NO4. The van der Waals surface area contributed by atoms with Crippen molar-refractivity contribution in [3.05, 3.63) is 0 Å². The number of hydrogen-bond acceptors (Lipinski definition) is 5. The summed E-state index contributed by atoms with van der Waals surface area (Å²) < 4.78 is 9.65. The van der Waals surface area contributed by atoms with E-state index in [1.54, 1.807) is 25.8 Å². The van der Waals surface area contributed by atoms with E-state index in [-0.39, 0.29) is 13.2 Å². The summed E-state index contributed by atoms with van der Waals surface area (Å²) in [5, 5.41) is 0. The summed E-state index contributed by atoms with van der Waals surface area (Å²) in [5.41, 5.74) is -1.16. The molecule has 0 aliphatic carbocycles. The molecule has 0 amide bonds. The van der Waals surface area contributed by atoms with Crippen LogP contribution in [0.2, 0.25) is 0 Å². The lowest BCUT2D eigenvalue weighted by atomic mass is 10.1. The molecule has 80 valence electrons. The van der Waals surface area contributed by atoms with Gasteiger partial charge in [-0.25, -0.2) is 9.59 Å². The van der Waals surface area contributed by atoms with E-state index in [2.05, 4.69) is 0 Å². The average molecular weight is 201 g/mol. The largest absolute Gasteiger partial charge is 0.464 e. The molecule has 0 aromatic carbocycles. The van der Waals surface area contributed by atoms with Gasteiger partial charge in [-0.1, -0.05) is 0 Å². The van der Waals surface area contributed by atoms with Gasteiger partial charge in [0.2, 0.25) is 5.54 Å². The second-order valence-corrected chi connectivity index (χ2v) is 3.16. The number of hydrogen-bond donors (Lipinski definition) is 0. The Morgan fingerprint density at radius 3 is 1.79 bits per heavy atom. The number of carbonyl (C=O) groups excluding carboxylic acids is 2. The SMILES string of the molecule is CCOC(=O)C1(C(=O)OCC)CN1C. The highest BCUT2D eigenvalue weighted by Gasteiger charge is 2.65. The first-order valence-corrected chi connectivity index (χ1v) is 4.65. The van der Waals surface area contributed by atoms with Gasteiger partial charge in [0.1, 0.15) is 0 Å². The third-order valence-corrected chi connectivity index (χ3v) is 2.24. The molecule has 0 aromatic rings. The van der Waals surface area contributed by atoms with Crippen LogP contribution < -0.4 is 0 Å². The van der Waals surface area contributed by atoms with Crippen molar-refractivity contribution in [3.63, 3.8) is 0 Å². The van der Waals surface area contributed by atoms with Crippen LogP contribution in [0.15, 0.2) is 0 Å². The van der Waals surface area contributed by atoms with Gasteiger partial charge < -0.3 is 9.47 Å². The van der Waals surface area contributed by atoms with E-state index in [4.69, 9.17) is 9.47 Å². The molecule has 1 unspecified atom stereocenters. The smallest absolute Gasteiger partial charge is 0.339 e. The molecular weight excluding hydrogens is 186 g/mol. The second kappa shape index (κ2) is 3.96. The van der Waals surface area contributed by atoms with Crippen LogP contribution in [-0.2, 0) is 19.1 Å². The fraction of sp³-hybridized carbons (Fsp3) is 0.778. The lowest BCUT2D eigenvalue weighted by Crippen LogP contribution is -2.40. The number of esters is 2. The van der Waals surface area contributed by atoms with Crippen LogP contribution in [0.4, 0.5) is 0 Å². The number of rotatable bonds is 4. The number of carbonyl (C=O) groups is 2. The predicted molar refractivity (Wildman–Crippen MR) is 48.6 cm³/mol. The Bertz CT molecular complexity index is 233. The first-order valence-electron chi connectivity index (χ1n) is 4.65. The zero-order valence-electron chi connectivity index (χ0n) is 8.70. The van der Waals surface area contributed by atoms with Gasteiger partial charge in [-0.2, -0.15) is 0 Å². The number of ether oxygens (including phenoxy) is 2. The molecule has 14 heavy (non-hydrogen) atoms. The Morgan fingerprint density at radius 2 is 1.57 bits per heavy atom. The summed E-state index contributed by atoms with van der Waals surface area (Å²) in [7, 11) is 1.69. The van der Waals surface area contributed by atoms with Crippen molar-refractivity contribution in [1.82, 2.24) is 4.90 Å². The first-order chi connectivity index (χ1) is 6.59. The Hall–Kier alpha value is -1.10. The van der Waals surface area contributed by atoms with E-state index in [1.165, 1.54) is 0 Å². The van der Waals surface area contributed by atoms with Gasteiger partial charge in [-0.05, 0) is 20.9 Å². The van der Waals surface area contributed by atoms with Crippen molar-refractivity contribution in [3.8, 4) is 0 Å². The van der Waals surface area contributed by atoms with Crippen molar-refractivity contribution in [2.45, 2.75) is 19.4 Å². The Morgan fingerprint density at radius 1 is 1.21 bits per heavy atom. The Labute approximate surface area is 83.0 Å². The summed E-state index contributed by atoms with van der Waals surface area (Å²) in [6.45, 7) is 4.34. The molecule has 5 nitrogen and oxygen atoms in total. The van der Waals surface area contributed by atoms with Gasteiger partial charge >= 0.3 is 11.9 Å². The van der Waals surface area contributed by atoms with E-state index < -0.39 is 17.5 Å². The minimum atomic E-state index is -1.16. The van der Waals surface area contributed by atoms with Crippen molar-refractivity contribution in [1.29, 1.82) is 0 Å². The quantitative estimate of drug-likeness (QED) is 0.358. The monoisotopic (exact) mass is 201 g/mol. The highest BCUT2D eigenvalue weighted by Crippen LogP contribution is 2.32. The van der Waals surface area contributed by atoms with Crippen molar-refractivity contribution < 1.29 is 19.1 Å². The first kappa shape index (κ1) is 11.0. The summed E-state index contributed by atoms with van der Waals surface area (Å²) in [6.07, 6.45) is 0. The van der Waals surface area contributed by atoms with Gasteiger partial charge in [-0.3, -0.25) is 4.90 Å². The molecule has 1 saturated heterocycles. The minimum absolute atomic E-state index is 0.272. The average Bonchev–Trinajstić information content (AvgIpc) is 2.80. The predicted octanol–water partition coefficient (Wildman–Crippen LogP) is -0.203. The zero-order chi connectivity index (χ0) is 10.8. The lowest BCUT2D eigenvalue weighted by molar-refractivity contribution is -0.160. The maximum atomic E-state index is 11.5. The maximum Gasteiger partial charge on any atom is 0.339 e. The zero-order valence-corrected chi connectivity index (χ0v) is 8.70. The normalized spacial score (nSPS) is 22.6. The molecule has 0 aromatic heterocycles. The molecule has 1 aliphatic heterocycles. The van der Waals surface area contributed by atoms with Crippen molar-refractivity contribution >= 4 is 11.9 Å². The molecule has 0 saturated carbocycles. The molecule has 0 radical (unpaired) electrons. The Kier molecular flexibility index (Phi) is 3.10. The van der Waals surface area contributed by atoms with E-state index >= 15 is 0 Å². The summed E-state index contributed by atoms with van der Waals surface area (Å²) >= 11 is 0. The number of nitrogens with zero attached hydrogens (tertiary/aromatic N) is 1. The summed E-state index contributed by atoms with van der Waals surface area (Å²) in [4.78, 5) is 24.6. The summed E-state index contributed by atoms with van der Waals surface area (Å²) in [5.74, 6) is -1.03. The van der Waals surface area contributed by atoms with Crippen LogP contribution in [0, 0.1) is 0 Å². The topological polar surface area (TPSA) is 55.6 Å². The highest BCUT2D eigenvalue weighted by molar-refractivity contribution is 6.08. The summed E-state index contributed by atoms with van der Waals surface area (Å²) in [6, 6.07) is 0. The van der Waals surface area contributed by atoms with Crippen LogP contribution in [0.5, 0.6) is 0 Å². The molecule has 0 spiro atoms. The lowest BCUT2D eigenvalue weighted by Gasteiger charge is -2.12. The van der Waals surface area contributed by atoms with Crippen LogP contribution >= 0.6 is 0 Å². The fourth-order valence-electron chi connectivity index (χ4n) is 1.33. The highest BCUT2D eigenvalue weighted by atomic mass is 16.6. The molecule has 1 fully saturated rings. The number of likely N-dealkylation sites (N-methyl/N-ethyl adjacent to an activating group) is 1. The molecule has 1 atom stereocenters. The fourth-order valence-corrected chi connectivity index (χ4v) is 1.33. The van der Waals surface area contributed by atoms with E-state index in [9.17, 15) is 9.59 Å². The molecule has 0 bridgehead atoms. The van der Waals surface area contributed by atoms with Gasteiger partial charge in [0.05, 0.1) is 13.2 Å². The van der Waals surface area contributed by atoms with Gasteiger partial charge in [-0.15, -0.1) is 0 Å². The standard InChI is InChI=1S/C9H15NO4/c1-4-13-7(11)9(6-10(9)3)8(12)14-5-2/h4-6H2,1-3H3. The van der Waals surface area contributed by atoms with Crippen LogP contribution in [0.25, 0.3) is 0 Å². The Balaban J connectivity index is 2.68. The van der Waals surface area contributed by atoms with Crippen LogP contribution in [0.3, 0.4) is 0 Å². The molecule has 0 N–H and O–H groups in total. The van der Waals surface area contributed by atoms with Gasteiger partial charge in [0, 0.05) is 6.54 Å². The third-order valence-electron chi connectivity index (χ3n) is 2.24. The van der Waals surface area contributed by atoms with Crippen LogP contribution in [-0.4, -0.2) is 49.2 Å². The maximum absolute atomic E-state index is 11.5. The molecule has 5 heteroatoms. The van der Waals surface area contributed by atoms with Crippen molar-refractivity contribution in [2.75, 3.05) is 26.8 Å². The third kappa shape index (κ3) is 1.59. The van der Waals surface area contributed by atoms with E-state index in [0.29, 0.717) is 6.54 Å². The van der Waals surface area contributed by atoms with Gasteiger partial charge in [0.25, 0.3) is 0 Å². The van der Waals surface area contributed by atoms with Crippen LogP contribution in [0.1, 0.15) is 13.8 Å². The second-order valence-electron chi connectivity index (χ2n) is 3.16. The minimum Gasteiger partial charge on any atom is -0.464 e. The van der Waals surface area contributed by atoms with E-state index in [0.717, 1.165) is 0 Å². The van der Waals surface area contributed by atoms with Gasteiger partial charge in [0.15, 0.2) is 0 Å². The molecule has 1 heterocycles. The molecule has 1 rings (SSSR count).